The predicted molar refractivity (Wildman–Crippen MR) is 86.8 cm³/mol. The van der Waals surface area contributed by atoms with Crippen LogP contribution in [0.1, 0.15) is 38.3 Å². The van der Waals surface area contributed by atoms with Gasteiger partial charge in [0.05, 0.1) is 0 Å². The molecule has 1 aromatic rings. The minimum atomic E-state index is -0.634. The highest BCUT2D eigenvalue weighted by Gasteiger charge is 2.42. The number of benzene rings is 1. The number of carbonyl (C=O) groups is 2. The maximum atomic E-state index is 14.0. The van der Waals surface area contributed by atoms with Crippen molar-refractivity contribution in [1.82, 2.24) is 9.80 Å². The zero-order valence-electron chi connectivity index (χ0n) is 14.6. The normalized spacial score (nSPS) is 20.0. The van der Waals surface area contributed by atoms with E-state index in [1.165, 1.54) is 9.80 Å². The Bertz CT molecular complexity index is 715. The minimum absolute atomic E-state index is 0.0242. The van der Waals surface area contributed by atoms with E-state index < -0.39 is 29.4 Å². The molecule has 1 fully saturated rings. The molecule has 2 heterocycles. The van der Waals surface area contributed by atoms with Crippen molar-refractivity contribution in [3.05, 3.63) is 34.9 Å². The highest BCUT2D eigenvalue weighted by molar-refractivity contribution is 5.87. The Labute approximate surface area is 145 Å². The fourth-order valence-electron chi connectivity index (χ4n) is 3.18. The maximum absolute atomic E-state index is 14.0. The second-order valence-corrected chi connectivity index (χ2v) is 7.47. The molecule has 1 atom stereocenters. The van der Waals surface area contributed by atoms with Crippen molar-refractivity contribution >= 4 is 12.0 Å². The molecule has 0 unspecified atom stereocenters. The van der Waals surface area contributed by atoms with Gasteiger partial charge in [-0.05, 0) is 51.3 Å². The van der Waals surface area contributed by atoms with Crippen molar-refractivity contribution < 1.29 is 23.1 Å². The Morgan fingerprint density at radius 1 is 1.12 bits per heavy atom. The van der Waals surface area contributed by atoms with Crippen LogP contribution in [0.25, 0.3) is 0 Å². The van der Waals surface area contributed by atoms with E-state index in [-0.39, 0.29) is 24.4 Å². The Morgan fingerprint density at radius 2 is 1.76 bits per heavy atom. The van der Waals surface area contributed by atoms with Gasteiger partial charge in [-0.25, -0.2) is 13.6 Å². The lowest BCUT2D eigenvalue weighted by Crippen LogP contribution is -2.60. The summed E-state index contributed by atoms with van der Waals surface area (Å²) in [5.74, 6) is -1.19. The molecule has 0 saturated carbocycles. The Kier molecular flexibility index (Phi) is 4.43. The molecule has 7 heteroatoms. The number of nitrogens with zero attached hydrogens (tertiary/aromatic N) is 2. The van der Waals surface area contributed by atoms with Crippen LogP contribution in [-0.4, -0.2) is 46.5 Å². The molecule has 0 spiro atoms. The van der Waals surface area contributed by atoms with Crippen LogP contribution in [0.3, 0.4) is 0 Å². The van der Waals surface area contributed by atoms with Gasteiger partial charge in [-0.2, -0.15) is 0 Å². The van der Waals surface area contributed by atoms with Gasteiger partial charge >= 0.3 is 6.09 Å². The molecule has 0 bridgehead atoms. The molecule has 0 aromatic heterocycles. The predicted octanol–water partition coefficient (Wildman–Crippen LogP) is 2.86. The fraction of sp³-hybridized carbons (Fsp3) is 0.556. The van der Waals surface area contributed by atoms with Crippen LogP contribution in [-0.2, 0) is 22.5 Å². The fourth-order valence-corrected chi connectivity index (χ4v) is 3.18. The number of fused-ring (bicyclic) bond motifs is 1. The summed E-state index contributed by atoms with van der Waals surface area (Å²) in [5.41, 5.74) is -0.0743. The molecule has 136 valence electrons. The molecule has 3 rings (SSSR count). The molecule has 2 aliphatic rings. The number of likely N-dealkylation sites (tertiary alicyclic amines) is 1. The van der Waals surface area contributed by atoms with Crippen molar-refractivity contribution in [1.29, 1.82) is 0 Å². The van der Waals surface area contributed by atoms with Gasteiger partial charge in [0.2, 0.25) is 5.91 Å². The van der Waals surface area contributed by atoms with Gasteiger partial charge in [-0.3, -0.25) is 9.69 Å². The zero-order chi connectivity index (χ0) is 18.4. The number of hydrogen-bond acceptors (Lipinski definition) is 3. The largest absolute Gasteiger partial charge is 0.444 e. The van der Waals surface area contributed by atoms with Crippen molar-refractivity contribution in [2.45, 2.75) is 51.8 Å². The molecule has 5 nitrogen and oxygen atoms in total. The first kappa shape index (κ1) is 17.6. The highest BCUT2D eigenvalue weighted by atomic mass is 19.1. The van der Waals surface area contributed by atoms with Crippen LogP contribution >= 0.6 is 0 Å². The first-order valence-electron chi connectivity index (χ1n) is 8.41. The Balaban J connectivity index is 1.70. The second kappa shape index (κ2) is 6.28. The van der Waals surface area contributed by atoms with Gasteiger partial charge < -0.3 is 9.64 Å². The van der Waals surface area contributed by atoms with Crippen LogP contribution in [0.2, 0.25) is 0 Å². The van der Waals surface area contributed by atoms with Crippen molar-refractivity contribution in [2.24, 2.45) is 0 Å². The third-order valence-electron chi connectivity index (χ3n) is 4.54. The van der Waals surface area contributed by atoms with E-state index >= 15 is 0 Å². The molecule has 1 aromatic carbocycles. The summed E-state index contributed by atoms with van der Waals surface area (Å²) in [6.45, 7) is 6.08. The van der Waals surface area contributed by atoms with Crippen LogP contribution in [0.5, 0.6) is 0 Å². The van der Waals surface area contributed by atoms with Gasteiger partial charge in [0.25, 0.3) is 0 Å². The number of amides is 2. The van der Waals surface area contributed by atoms with Crippen LogP contribution < -0.4 is 0 Å². The summed E-state index contributed by atoms with van der Waals surface area (Å²) in [7, 11) is 0. The summed E-state index contributed by atoms with van der Waals surface area (Å²) < 4.78 is 33.1. The van der Waals surface area contributed by atoms with E-state index in [1.807, 2.05) is 0 Å². The van der Waals surface area contributed by atoms with E-state index in [0.29, 0.717) is 25.1 Å². The van der Waals surface area contributed by atoms with Crippen molar-refractivity contribution in [3.8, 4) is 0 Å². The first-order valence-corrected chi connectivity index (χ1v) is 8.41. The molecular formula is C18H22F2N2O3. The number of ether oxygens (including phenoxy) is 1. The number of hydrogen-bond donors (Lipinski definition) is 0. The van der Waals surface area contributed by atoms with E-state index in [9.17, 15) is 18.4 Å². The third-order valence-corrected chi connectivity index (χ3v) is 4.54. The molecule has 25 heavy (non-hydrogen) atoms. The summed E-state index contributed by atoms with van der Waals surface area (Å²) >= 11 is 0. The van der Waals surface area contributed by atoms with E-state index in [2.05, 4.69) is 0 Å². The van der Waals surface area contributed by atoms with Gasteiger partial charge in [0.15, 0.2) is 0 Å². The van der Waals surface area contributed by atoms with E-state index in [1.54, 1.807) is 20.8 Å². The van der Waals surface area contributed by atoms with E-state index in [0.717, 1.165) is 12.1 Å². The molecule has 2 amide bonds. The summed E-state index contributed by atoms with van der Waals surface area (Å²) in [6, 6.07) is 1.60. The Morgan fingerprint density at radius 3 is 2.32 bits per heavy atom. The SMILES string of the molecule is CC(C)(C)OC(=O)N1CC[C@@H]1C(=O)N1CCc2c(F)ccc(F)c2C1. The molecule has 1 saturated heterocycles. The highest BCUT2D eigenvalue weighted by Crippen LogP contribution is 2.28. The molecule has 0 radical (unpaired) electrons. The average Bonchev–Trinajstić information content (AvgIpc) is 2.47. The lowest BCUT2D eigenvalue weighted by Gasteiger charge is -2.43. The zero-order valence-corrected chi connectivity index (χ0v) is 14.6. The number of halogens is 2. The van der Waals surface area contributed by atoms with Crippen LogP contribution in [0.4, 0.5) is 13.6 Å². The average molecular weight is 352 g/mol. The molecule has 2 aliphatic heterocycles. The van der Waals surface area contributed by atoms with Crippen molar-refractivity contribution in [2.75, 3.05) is 13.1 Å². The lowest BCUT2D eigenvalue weighted by molar-refractivity contribution is -0.142. The summed E-state index contributed by atoms with van der Waals surface area (Å²) in [4.78, 5) is 27.8. The maximum Gasteiger partial charge on any atom is 0.410 e. The van der Waals surface area contributed by atoms with Gasteiger partial charge in [-0.15, -0.1) is 0 Å². The van der Waals surface area contributed by atoms with E-state index in [4.69, 9.17) is 4.74 Å². The molecular weight excluding hydrogens is 330 g/mol. The number of rotatable bonds is 1. The molecule has 0 aliphatic carbocycles. The number of carbonyl (C=O) groups excluding carboxylic acids is 2. The summed E-state index contributed by atoms with van der Waals surface area (Å²) in [5, 5.41) is 0. The van der Waals surface area contributed by atoms with Crippen LogP contribution in [0, 0.1) is 11.6 Å². The standard InChI is InChI=1S/C18H22F2N2O3/c1-18(2,3)25-17(24)22-9-7-15(22)16(23)21-8-6-11-12(10-21)14(20)5-4-13(11)19/h4-5,15H,6-10H2,1-3H3/t15-/m1/s1. The third kappa shape index (κ3) is 3.45. The quantitative estimate of drug-likeness (QED) is 0.781. The lowest BCUT2D eigenvalue weighted by atomic mass is 9.96. The van der Waals surface area contributed by atoms with Gasteiger partial charge in [0, 0.05) is 25.2 Å². The van der Waals surface area contributed by atoms with Crippen LogP contribution in [0.15, 0.2) is 12.1 Å². The van der Waals surface area contributed by atoms with Gasteiger partial charge in [-0.1, -0.05) is 0 Å². The monoisotopic (exact) mass is 352 g/mol. The Hall–Kier alpha value is -2.18. The van der Waals surface area contributed by atoms with Crippen molar-refractivity contribution in [3.63, 3.8) is 0 Å². The summed E-state index contributed by atoms with van der Waals surface area (Å²) in [6.07, 6.45) is 0.295. The van der Waals surface area contributed by atoms with Gasteiger partial charge in [0.1, 0.15) is 23.3 Å². The second-order valence-electron chi connectivity index (χ2n) is 7.47. The minimum Gasteiger partial charge on any atom is -0.444 e. The smallest absolute Gasteiger partial charge is 0.410 e. The topological polar surface area (TPSA) is 49.9 Å². The first-order chi connectivity index (χ1) is 11.7. The molecule has 0 N–H and O–H groups in total.